The highest BCUT2D eigenvalue weighted by atomic mass is 32.1. The molecule has 0 aliphatic rings. The largest absolute Gasteiger partial charge is 0.456 e. The van der Waals surface area contributed by atoms with Gasteiger partial charge in [-0.1, -0.05) is 133 Å². The van der Waals surface area contributed by atoms with Gasteiger partial charge in [-0.3, -0.25) is 0 Å². The Morgan fingerprint density at radius 1 is 0.345 bits per heavy atom. The van der Waals surface area contributed by atoms with Crippen LogP contribution in [-0.4, -0.2) is 0 Å². The highest BCUT2D eigenvalue weighted by molar-refractivity contribution is 7.26. The third kappa shape index (κ3) is 5.48. The Hall–Kier alpha value is -6.94. The van der Waals surface area contributed by atoms with E-state index in [1.165, 1.54) is 53.2 Å². The van der Waals surface area contributed by atoms with Gasteiger partial charge in [-0.15, -0.1) is 11.3 Å². The van der Waals surface area contributed by atoms with Crippen LogP contribution in [0.25, 0.3) is 86.3 Å². The summed E-state index contributed by atoms with van der Waals surface area (Å²) in [4.78, 5) is 2.40. The van der Waals surface area contributed by atoms with Gasteiger partial charge in [-0.25, -0.2) is 0 Å². The van der Waals surface area contributed by atoms with Crippen molar-refractivity contribution in [1.82, 2.24) is 0 Å². The molecule has 0 saturated heterocycles. The number of hydrogen-bond donors (Lipinski definition) is 0. The molecule has 3 heteroatoms. The van der Waals surface area contributed by atoms with E-state index in [-0.39, 0.29) is 0 Å². The van der Waals surface area contributed by atoms with Crippen LogP contribution in [0, 0.1) is 0 Å². The first-order valence-corrected chi connectivity index (χ1v) is 19.5. The molecule has 55 heavy (non-hydrogen) atoms. The molecule has 0 aliphatic carbocycles. The molecule has 2 aromatic heterocycles. The zero-order chi connectivity index (χ0) is 36.3. The summed E-state index contributed by atoms with van der Waals surface area (Å²) < 4.78 is 8.80. The quantitative estimate of drug-likeness (QED) is 0.170. The minimum atomic E-state index is 0.902. The maximum absolute atomic E-state index is 6.18. The first kappa shape index (κ1) is 31.6. The van der Waals surface area contributed by atoms with E-state index >= 15 is 0 Å². The molecule has 0 aliphatic heterocycles. The van der Waals surface area contributed by atoms with Crippen molar-refractivity contribution in [2.24, 2.45) is 0 Å². The monoisotopic (exact) mass is 719 g/mol. The van der Waals surface area contributed by atoms with Gasteiger partial charge in [0.15, 0.2) is 0 Å². The molecule has 258 valence electrons. The van der Waals surface area contributed by atoms with Crippen LogP contribution < -0.4 is 4.90 Å². The summed E-state index contributed by atoms with van der Waals surface area (Å²) in [5, 5.41) is 7.35. The fraction of sp³-hybridized carbons (Fsp3) is 0. The molecule has 0 saturated carbocycles. The van der Waals surface area contributed by atoms with Gasteiger partial charge in [0.2, 0.25) is 0 Å². The molecule has 0 fully saturated rings. The summed E-state index contributed by atoms with van der Waals surface area (Å²) >= 11 is 1.87. The van der Waals surface area contributed by atoms with Crippen LogP contribution >= 0.6 is 11.3 Å². The smallest absolute Gasteiger partial charge is 0.135 e. The number of anilines is 3. The average Bonchev–Trinajstić information content (AvgIpc) is 3.82. The third-order valence-corrected chi connectivity index (χ3v) is 12.0. The molecule has 0 unspecified atom stereocenters. The van der Waals surface area contributed by atoms with E-state index in [0.717, 1.165) is 50.1 Å². The zero-order valence-corrected chi connectivity index (χ0v) is 30.6. The van der Waals surface area contributed by atoms with Crippen LogP contribution in [0.3, 0.4) is 0 Å². The second-order valence-electron chi connectivity index (χ2n) is 14.1. The van der Waals surface area contributed by atoms with Crippen LogP contribution in [0.15, 0.2) is 205 Å². The molecule has 0 atom stereocenters. The second-order valence-corrected chi connectivity index (χ2v) is 15.2. The van der Waals surface area contributed by atoms with Gasteiger partial charge in [0, 0.05) is 48.0 Å². The van der Waals surface area contributed by atoms with E-state index in [1.54, 1.807) is 0 Å². The van der Waals surface area contributed by atoms with Crippen LogP contribution in [0.4, 0.5) is 17.1 Å². The van der Waals surface area contributed by atoms with Gasteiger partial charge in [-0.05, 0) is 111 Å². The number of hydrogen-bond acceptors (Lipinski definition) is 3. The number of thiophene rings is 1. The van der Waals surface area contributed by atoms with E-state index < -0.39 is 0 Å². The second kappa shape index (κ2) is 12.9. The Morgan fingerprint density at radius 3 is 1.71 bits per heavy atom. The lowest BCUT2D eigenvalue weighted by molar-refractivity contribution is 0.669. The minimum Gasteiger partial charge on any atom is -0.456 e. The average molecular weight is 720 g/mol. The van der Waals surface area contributed by atoms with Gasteiger partial charge in [0.1, 0.15) is 11.2 Å². The summed E-state index contributed by atoms with van der Waals surface area (Å²) in [7, 11) is 0. The Balaban J connectivity index is 1.07. The summed E-state index contributed by atoms with van der Waals surface area (Å²) in [5.74, 6) is 0. The molecule has 0 spiro atoms. The molecule has 0 N–H and O–H groups in total. The lowest BCUT2D eigenvalue weighted by Gasteiger charge is -2.27. The van der Waals surface area contributed by atoms with Crippen LogP contribution in [-0.2, 0) is 0 Å². The van der Waals surface area contributed by atoms with Crippen molar-refractivity contribution in [3.63, 3.8) is 0 Å². The van der Waals surface area contributed by atoms with E-state index in [4.69, 9.17) is 4.42 Å². The number of rotatable bonds is 6. The number of nitrogens with zero attached hydrogens (tertiary/aromatic N) is 1. The Bertz CT molecular complexity index is 3240. The summed E-state index contributed by atoms with van der Waals surface area (Å²) in [5.41, 5.74) is 12.2. The predicted molar refractivity (Wildman–Crippen MR) is 235 cm³/mol. The van der Waals surface area contributed by atoms with Crippen LogP contribution in [0.2, 0.25) is 0 Å². The highest BCUT2D eigenvalue weighted by Gasteiger charge is 2.18. The van der Waals surface area contributed by atoms with Crippen molar-refractivity contribution in [1.29, 1.82) is 0 Å². The van der Waals surface area contributed by atoms with E-state index in [0.29, 0.717) is 0 Å². The van der Waals surface area contributed by atoms with Gasteiger partial charge in [0.05, 0.1) is 0 Å². The molecule has 0 amide bonds. The molecule has 2 nitrogen and oxygen atoms in total. The topological polar surface area (TPSA) is 16.4 Å². The van der Waals surface area contributed by atoms with Gasteiger partial charge in [-0.2, -0.15) is 0 Å². The molecular formula is C52H33NOS. The normalized spacial score (nSPS) is 11.6. The standard InChI is InChI=1S/C52H33NOS/c1-2-12-35-29-38(26-25-34(35)11-1)36-13-7-16-41(30-36)53(42-17-8-14-37(31-42)39-27-28-50-48(33-39)45-19-3-5-23-49(45)54-50)43-18-9-15-40(32-43)44-21-10-22-47-46-20-4-6-24-51(46)55-52(44)47/h1-33H. The van der Waals surface area contributed by atoms with Crippen molar-refractivity contribution in [2.75, 3.05) is 4.90 Å². The van der Waals surface area contributed by atoms with Crippen LogP contribution in [0.5, 0.6) is 0 Å². The predicted octanol–water partition coefficient (Wildman–Crippen LogP) is 15.6. The first-order valence-electron chi connectivity index (χ1n) is 18.7. The van der Waals surface area contributed by atoms with Gasteiger partial charge < -0.3 is 9.32 Å². The maximum Gasteiger partial charge on any atom is 0.135 e. The van der Waals surface area contributed by atoms with Crippen LogP contribution in [0.1, 0.15) is 0 Å². The molecule has 11 aromatic rings. The number of benzene rings is 9. The molecule has 0 bridgehead atoms. The van der Waals surface area contributed by atoms with E-state index in [9.17, 15) is 0 Å². The fourth-order valence-electron chi connectivity index (χ4n) is 8.16. The third-order valence-electron chi connectivity index (χ3n) is 10.8. The summed E-state index contributed by atoms with van der Waals surface area (Å²) in [6.45, 7) is 0. The maximum atomic E-state index is 6.18. The summed E-state index contributed by atoms with van der Waals surface area (Å²) in [6, 6.07) is 72.4. The zero-order valence-electron chi connectivity index (χ0n) is 29.8. The fourth-order valence-corrected chi connectivity index (χ4v) is 9.40. The molecule has 0 radical (unpaired) electrons. The molecule has 11 rings (SSSR count). The molecular weight excluding hydrogens is 687 g/mol. The van der Waals surface area contributed by atoms with Crippen molar-refractivity contribution in [2.45, 2.75) is 0 Å². The SMILES string of the molecule is c1cc(-c2ccc3ccccc3c2)cc(N(c2cccc(-c3ccc4oc5ccccc5c4c3)c2)c2cccc(-c3cccc4c3sc3ccccc34)c2)c1. The molecule has 9 aromatic carbocycles. The van der Waals surface area contributed by atoms with Crippen molar-refractivity contribution in [3.05, 3.63) is 200 Å². The van der Waals surface area contributed by atoms with Crippen molar-refractivity contribution >= 4 is 81.3 Å². The van der Waals surface area contributed by atoms with Crippen molar-refractivity contribution in [3.8, 4) is 33.4 Å². The Morgan fingerprint density at radius 2 is 0.909 bits per heavy atom. The Kier molecular flexibility index (Phi) is 7.39. The number of furan rings is 1. The minimum absolute atomic E-state index is 0.902. The lowest BCUT2D eigenvalue weighted by atomic mass is 9.99. The number of fused-ring (bicyclic) bond motifs is 7. The number of para-hydroxylation sites is 1. The van der Waals surface area contributed by atoms with E-state index in [1.807, 2.05) is 23.5 Å². The lowest BCUT2D eigenvalue weighted by Crippen LogP contribution is -2.10. The van der Waals surface area contributed by atoms with E-state index in [2.05, 4.69) is 193 Å². The van der Waals surface area contributed by atoms with Crippen molar-refractivity contribution < 1.29 is 4.42 Å². The summed E-state index contributed by atoms with van der Waals surface area (Å²) in [6.07, 6.45) is 0. The first-order chi connectivity index (χ1) is 27.2. The Labute approximate surface area is 322 Å². The van der Waals surface area contributed by atoms with Gasteiger partial charge >= 0.3 is 0 Å². The highest BCUT2D eigenvalue weighted by Crippen LogP contribution is 2.43. The molecule has 2 heterocycles. The van der Waals surface area contributed by atoms with Gasteiger partial charge in [0.25, 0.3) is 0 Å².